The van der Waals surface area contributed by atoms with E-state index in [-0.39, 0.29) is 10.8 Å². The molecule has 10 aromatic carbocycles. The van der Waals surface area contributed by atoms with Crippen LogP contribution in [0.3, 0.4) is 0 Å². The predicted molar refractivity (Wildman–Crippen MR) is 253 cm³/mol. The van der Waals surface area contributed by atoms with Gasteiger partial charge in [0.1, 0.15) is 0 Å². The Morgan fingerprint density at radius 3 is 0.966 bits per heavy atom. The van der Waals surface area contributed by atoms with Gasteiger partial charge in [0.15, 0.2) is 0 Å². The summed E-state index contributed by atoms with van der Waals surface area (Å²) in [6.07, 6.45) is 0. The maximum Gasteiger partial charge on any atom is -0.00923 e. The Labute approximate surface area is 342 Å². The maximum atomic E-state index is 2.43. The summed E-state index contributed by atoms with van der Waals surface area (Å²) in [7, 11) is 0. The molecule has 10 aromatic rings. The molecule has 0 aliphatic carbocycles. The van der Waals surface area contributed by atoms with Crippen molar-refractivity contribution in [3.8, 4) is 44.5 Å². The molecule has 0 bridgehead atoms. The quantitative estimate of drug-likeness (QED) is 0.157. The van der Waals surface area contributed by atoms with E-state index >= 15 is 0 Å². The van der Waals surface area contributed by atoms with Crippen molar-refractivity contribution in [2.75, 3.05) is 0 Å². The number of fused-ring (bicyclic) bond motifs is 7. The van der Waals surface area contributed by atoms with Crippen LogP contribution in [0.2, 0.25) is 0 Å². The summed E-state index contributed by atoms with van der Waals surface area (Å²) in [5.74, 6) is 0. The summed E-state index contributed by atoms with van der Waals surface area (Å²) < 4.78 is 0. The molecule has 0 saturated heterocycles. The van der Waals surface area contributed by atoms with Crippen molar-refractivity contribution in [1.29, 1.82) is 0 Å². The van der Waals surface area contributed by atoms with Crippen LogP contribution in [0.4, 0.5) is 0 Å². The van der Waals surface area contributed by atoms with Crippen molar-refractivity contribution in [1.82, 2.24) is 0 Å². The highest BCUT2D eigenvalue weighted by Gasteiger charge is 2.19. The zero-order valence-electron chi connectivity index (χ0n) is 34.3. The molecular formula is C58H48. The van der Waals surface area contributed by atoms with Crippen LogP contribution >= 0.6 is 0 Å². The van der Waals surface area contributed by atoms with Crippen molar-refractivity contribution in [2.24, 2.45) is 0 Å². The van der Waals surface area contributed by atoms with Gasteiger partial charge in [-0.25, -0.2) is 0 Å². The second kappa shape index (κ2) is 13.6. The molecule has 0 saturated carbocycles. The van der Waals surface area contributed by atoms with Gasteiger partial charge >= 0.3 is 0 Å². The summed E-state index contributed by atoms with van der Waals surface area (Å²) in [6.45, 7) is 13.8. The fraction of sp³-hybridized carbons (Fsp3) is 0.138. The minimum absolute atomic E-state index is 0.0735. The lowest BCUT2D eigenvalue weighted by atomic mass is 9.83. The van der Waals surface area contributed by atoms with Gasteiger partial charge in [0, 0.05) is 0 Å². The molecule has 280 valence electrons. The lowest BCUT2D eigenvalue weighted by Gasteiger charge is -2.22. The molecule has 0 radical (unpaired) electrons. The molecular weight excluding hydrogens is 697 g/mol. The fourth-order valence-corrected chi connectivity index (χ4v) is 9.33. The third kappa shape index (κ3) is 6.16. The molecule has 0 aliphatic rings. The van der Waals surface area contributed by atoms with E-state index in [1.165, 1.54) is 109 Å². The van der Waals surface area contributed by atoms with E-state index in [0.29, 0.717) is 0 Å². The number of rotatable bonds is 4. The lowest BCUT2D eigenvalue weighted by molar-refractivity contribution is 0.595. The molecule has 0 heteroatoms. The molecule has 0 nitrogen and oxygen atoms in total. The highest BCUT2D eigenvalue weighted by Crippen LogP contribution is 2.43. The van der Waals surface area contributed by atoms with Crippen molar-refractivity contribution < 1.29 is 0 Å². The van der Waals surface area contributed by atoms with Crippen LogP contribution in [0.1, 0.15) is 52.7 Å². The van der Waals surface area contributed by atoms with Crippen molar-refractivity contribution in [3.63, 3.8) is 0 Å². The van der Waals surface area contributed by atoms with E-state index in [1.54, 1.807) is 0 Å². The Morgan fingerprint density at radius 1 is 0.241 bits per heavy atom. The largest absolute Gasteiger partial charge is 0.0616 e. The number of hydrogen-bond acceptors (Lipinski definition) is 0. The normalized spacial score (nSPS) is 12.3. The molecule has 0 aromatic heterocycles. The Balaban J connectivity index is 1.06. The first-order valence-corrected chi connectivity index (χ1v) is 20.7. The monoisotopic (exact) mass is 744 g/mol. The number of benzene rings is 10. The van der Waals surface area contributed by atoms with Crippen LogP contribution in [0.25, 0.3) is 98.4 Å². The van der Waals surface area contributed by atoms with E-state index in [4.69, 9.17) is 0 Å². The molecule has 58 heavy (non-hydrogen) atoms. The van der Waals surface area contributed by atoms with Crippen molar-refractivity contribution in [3.05, 3.63) is 193 Å². The summed E-state index contributed by atoms with van der Waals surface area (Å²) in [5.41, 5.74) is 12.8. The second-order valence-corrected chi connectivity index (χ2v) is 18.2. The first-order valence-electron chi connectivity index (χ1n) is 20.7. The van der Waals surface area contributed by atoms with Gasteiger partial charge in [-0.3, -0.25) is 0 Å². The van der Waals surface area contributed by atoms with Crippen LogP contribution in [-0.4, -0.2) is 0 Å². The SMILES string of the molecule is CC(C)(C)c1cccc2ccc(-c3ccc(-c4cc5c6ccccc6c(-c6ccc(-c7ccc8cccc(C(C)(C)C)c8c7)cc6)cc5c5ccccc45)cc3)cc12. The third-order valence-corrected chi connectivity index (χ3v) is 12.3. The average molecular weight is 745 g/mol. The molecule has 0 amide bonds. The summed E-state index contributed by atoms with van der Waals surface area (Å²) in [6, 6.07) is 68.3. The zero-order valence-corrected chi connectivity index (χ0v) is 34.3. The first-order chi connectivity index (χ1) is 28.0. The molecule has 0 fully saturated rings. The standard InChI is InChI=1S/C58H48/c1-57(2,3)55-19-11-13-39-29-31-43(33-51(39)55)37-21-25-41(26-22-37)49-35-53-48-18-10-8-16-46(48)50(36-54(53)47-17-9-7-15-45(47)49)42-27-23-38(24-28-42)44-32-30-40-14-12-20-56(52(40)34-44)58(4,5)6/h7-36H,1-6H3. The maximum absolute atomic E-state index is 2.43. The summed E-state index contributed by atoms with van der Waals surface area (Å²) in [4.78, 5) is 0. The van der Waals surface area contributed by atoms with Gasteiger partial charge < -0.3 is 0 Å². The molecule has 0 spiro atoms. The highest BCUT2D eigenvalue weighted by molar-refractivity contribution is 6.23. The van der Waals surface area contributed by atoms with E-state index in [1.807, 2.05) is 0 Å². The summed E-state index contributed by atoms with van der Waals surface area (Å²) in [5, 5.41) is 12.9. The fourth-order valence-electron chi connectivity index (χ4n) is 9.33. The van der Waals surface area contributed by atoms with E-state index in [2.05, 4.69) is 224 Å². The van der Waals surface area contributed by atoms with Gasteiger partial charge in [-0.2, -0.15) is 0 Å². The van der Waals surface area contributed by atoms with Gasteiger partial charge in [0.2, 0.25) is 0 Å². The smallest absolute Gasteiger partial charge is 0.00923 e. The summed E-state index contributed by atoms with van der Waals surface area (Å²) >= 11 is 0. The molecule has 0 N–H and O–H groups in total. The van der Waals surface area contributed by atoms with Crippen LogP contribution in [0.15, 0.2) is 182 Å². The Bertz CT molecular complexity index is 2980. The minimum Gasteiger partial charge on any atom is -0.0616 e. The van der Waals surface area contributed by atoms with Crippen molar-refractivity contribution >= 4 is 53.9 Å². The van der Waals surface area contributed by atoms with Gasteiger partial charge in [-0.05, 0) is 145 Å². The van der Waals surface area contributed by atoms with Crippen molar-refractivity contribution in [2.45, 2.75) is 52.4 Å². The average Bonchev–Trinajstić information content (AvgIpc) is 3.24. The van der Waals surface area contributed by atoms with Gasteiger partial charge in [0.05, 0.1) is 0 Å². The second-order valence-electron chi connectivity index (χ2n) is 18.2. The third-order valence-electron chi connectivity index (χ3n) is 12.3. The first kappa shape index (κ1) is 35.9. The van der Waals surface area contributed by atoms with E-state index in [9.17, 15) is 0 Å². The van der Waals surface area contributed by atoms with E-state index in [0.717, 1.165) is 0 Å². The number of hydrogen-bond donors (Lipinski definition) is 0. The van der Waals surface area contributed by atoms with E-state index < -0.39 is 0 Å². The molecule has 0 heterocycles. The molecule has 0 aliphatic heterocycles. The van der Waals surface area contributed by atoms with Crippen LogP contribution in [-0.2, 0) is 10.8 Å². The molecule has 0 atom stereocenters. The van der Waals surface area contributed by atoms with Crippen LogP contribution in [0, 0.1) is 0 Å². The Hall–Kier alpha value is -6.50. The molecule has 10 rings (SSSR count). The predicted octanol–water partition coefficient (Wildman–Crippen LogP) is 16.7. The van der Waals surface area contributed by atoms with Gasteiger partial charge in [-0.1, -0.05) is 199 Å². The van der Waals surface area contributed by atoms with Crippen LogP contribution < -0.4 is 0 Å². The van der Waals surface area contributed by atoms with Crippen LogP contribution in [0.5, 0.6) is 0 Å². The lowest BCUT2D eigenvalue weighted by Crippen LogP contribution is -2.11. The minimum atomic E-state index is 0.0735. The Morgan fingerprint density at radius 2 is 0.586 bits per heavy atom. The topological polar surface area (TPSA) is 0 Å². The zero-order chi connectivity index (χ0) is 39.8. The highest BCUT2D eigenvalue weighted by atomic mass is 14.2. The van der Waals surface area contributed by atoms with Gasteiger partial charge in [-0.15, -0.1) is 0 Å². The molecule has 0 unspecified atom stereocenters. The van der Waals surface area contributed by atoms with Gasteiger partial charge in [0.25, 0.3) is 0 Å². The Kier molecular flexibility index (Phi) is 8.39.